The van der Waals surface area contributed by atoms with Crippen LogP contribution in [0, 0.1) is 5.41 Å². The SMILES string of the molecule is CC1CCCC(C)N1C(=O)c1ccc(-c2cnc3[nH]cc(C(=O)NC(C)C(C)(C)C)c3n2)s1. The largest absolute Gasteiger partial charge is 0.349 e. The number of aromatic amines is 1. The number of fused-ring (bicyclic) bond motifs is 1. The Bertz CT molecular complexity index is 1170. The molecular weight excluding hydrogens is 434 g/mol. The first-order chi connectivity index (χ1) is 15.6. The Morgan fingerprint density at radius 2 is 1.91 bits per heavy atom. The third kappa shape index (κ3) is 4.67. The molecule has 7 nitrogen and oxygen atoms in total. The number of nitrogens with zero attached hydrogens (tertiary/aromatic N) is 3. The van der Waals surface area contributed by atoms with Gasteiger partial charge in [-0.2, -0.15) is 0 Å². The van der Waals surface area contributed by atoms with E-state index in [0.717, 1.165) is 17.7 Å². The van der Waals surface area contributed by atoms with Crippen molar-refractivity contribution in [2.45, 2.75) is 78.9 Å². The Labute approximate surface area is 199 Å². The van der Waals surface area contributed by atoms with E-state index in [1.165, 1.54) is 17.8 Å². The highest BCUT2D eigenvalue weighted by Gasteiger charge is 2.30. The maximum Gasteiger partial charge on any atom is 0.264 e. The van der Waals surface area contributed by atoms with Crippen molar-refractivity contribution in [3.8, 4) is 10.6 Å². The molecule has 176 valence electrons. The van der Waals surface area contributed by atoms with E-state index in [-0.39, 0.29) is 35.4 Å². The minimum absolute atomic E-state index is 0.00321. The molecule has 1 aliphatic heterocycles. The van der Waals surface area contributed by atoms with Gasteiger partial charge in [0.15, 0.2) is 5.65 Å². The summed E-state index contributed by atoms with van der Waals surface area (Å²) < 4.78 is 0. The number of thiophene rings is 1. The number of aromatic nitrogens is 3. The molecule has 3 aromatic rings. The van der Waals surface area contributed by atoms with Gasteiger partial charge in [0.2, 0.25) is 0 Å². The first kappa shape index (κ1) is 23.4. The van der Waals surface area contributed by atoms with Crippen LogP contribution in [0.25, 0.3) is 21.7 Å². The molecule has 3 aromatic heterocycles. The van der Waals surface area contributed by atoms with Gasteiger partial charge in [0.1, 0.15) is 5.52 Å². The minimum Gasteiger partial charge on any atom is -0.349 e. The number of carbonyl (C=O) groups excluding carboxylic acids is 2. The minimum atomic E-state index is -0.176. The smallest absolute Gasteiger partial charge is 0.264 e. The van der Waals surface area contributed by atoms with Gasteiger partial charge in [-0.25, -0.2) is 9.97 Å². The Kier molecular flexibility index (Phi) is 6.31. The number of H-pyrrole nitrogens is 1. The molecule has 0 aliphatic carbocycles. The number of piperidine rings is 1. The summed E-state index contributed by atoms with van der Waals surface area (Å²) in [5.41, 5.74) is 2.17. The molecule has 3 unspecified atom stereocenters. The number of amides is 2. The molecule has 2 amide bonds. The van der Waals surface area contributed by atoms with Crippen LogP contribution in [0.15, 0.2) is 24.5 Å². The van der Waals surface area contributed by atoms with E-state index in [4.69, 9.17) is 4.98 Å². The fourth-order valence-corrected chi connectivity index (χ4v) is 5.12. The number of hydrogen-bond donors (Lipinski definition) is 2. The van der Waals surface area contributed by atoms with Crippen molar-refractivity contribution in [2.75, 3.05) is 0 Å². The normalized spacial score (nSPS) is 20.1. The van der Waals surface area contributed by atoms with E-state index in [1.54, 1.807) is 12.4 Å². The van der Waals surface area contributed by atoms with Crippen LogP contribution in [0.4, 0.5) is 0 Å². The van der Waals surface area contributed by atoms with Gasteiger partial charge in [-0.3, -0.25) is 9.59 Å². The molecule has 0 bridgehead atoms. The van der Waals surface area contributed by atoms with E-state index in [2.05, 4.69) is 49.9 Å². The highest BCUT2D eigenvalue weighted by Crippen LogP contribution is 2.31. The summed E-state index contributed by atoms with van der Waals surface area (Å²) in [6.07, 6.45) is 6.59. The second kappa shape index (κ2) is 8.89. The Hall–Kier alpha value is -2.74. The first-order valence-electron chi connectivity index (χ1n) is 11.6. The number of carbonyl (C=O) groups is 2. The van der Waals surface area contributed by atoms with Crippen LogP contribution in [0.5, 0.6) is 0 Å². The second-order valence-corrected chi connectivity index (χ2v) is 11.3. The molecule has 33 heavy (non-hydrogen) atoms. The number of nitrogens with one attached hydrogen (secondary N) is 2. The van der Waals surface area contributed by atoms with Crippen LogP contribution in [-0.4, -0.2) is 49.8 Å². The fraction of sp³-hybridized carbons (Fsp3) is 0.520. The molecule has 0 spiro atoms. The highest BCUT2D eigenvalue weighted by atomic mass is 32.1. The molecule has 0 aromatic carbocycles. The monoisotopic (exact) mass is 467 g/mol. The molecule has 8 heteroatoms. The van der Waals surface area contributed by atoms with E-state index < -0.39 is 0 Å². The van der Waals surface area contributed by atoms with E-state index in [9.17, 15) is 9.59 Å². The molecule has 4 rings (SSSR count). The predicted molar refractivity (Wildman–Crippen MR) is 133 cm³/mol. The van der Waals surface area contributed by atoms with Gasteiger partial charge in [0.25, 0.3) is 11.8 Å². The Morgan fingerprint density at radius 1 is 1.21 bits per heavy atom. The number of rotatable bonds is 4. The van der Waals surface area contributed by atoms with Crippen LogP contribution in [0.1, 0.15) is 80.8 Å². The quantitative estimate of drug-likeness (QED) is 0.548. The molecule has 4 heterocycles. The van der Waals surface area contributed by atoms with Gasteiger partial charge >= 0.3 is 0 Å². The zero-order chi connectivity index (χ0) is 23.9. The topological polar surface area (TPSA) is 91.0 Å². The van der Waals surface area contributed by atoms with Crippen molar-refractivity contribution in [2.24, 2.45) is 5.41 Å². The van der Waals surface area contributed by atoms with Gasteiger partial charge < -0.3 is 15.2 Å². The lowest BCUT2D eigenvalue weighted by molar-refractivity contribution is 0.0515. The van der Waals surface area contributed by atoms with Crippen molar-refractivity contribution in [1.82, 2.24) is 25.2 Å². The summed E-state index contributed by atoms with van der Waals surface area (Å²) in [6, 6.07) is 4.29. The molecule has 1 aliphatic rings. The summed E-state index contributed by atoms with van der Waals surface area (Å²) in [5, 5.41) is 3.06. The van der Waals surface area contributed by atoms with E-state index >= 15 is 0 Å². The van der Waals surface area contributed by atoms with Crippen LogP contribution >= 0.6 is 11.3 Å². The van der Waals surface area contributed by atoms with Crippen LogP contribution in [0.3, 0.4) is 0 Å². The molecule has 2 N–H and O–H groups in total. The number of hydrogen-bond acceptors (Lipinski definition) is 5. The van der Waals surface area contributed by atoms with Crippen LogP contribution in [-0.2, 0) is 0 Å². The van der Waals surface area contributed by atoms with Crippen molar-refractivity contribution in [3.63, 3.8) is 0 Å². The lowest BCUT2D eigenvalue weighted by Crippen LogP contribution is -2.47. The molecule has 1 fully saturated rings. The molecular formula is C25H33N5O2S. The van der Waals surface area contributed by atoms with Crippen molar-refractivity contribution < 1.29 is 9.59 Å². The summed E-state index contributed by atoms with van der Waals surface area (Å²) in [6.45, 7) is 12.5. The molecule has 0 radical (unpaired) electrons. The van der Waals surface area contributed by atoms with Crippen molar-refractivity contribution in [3.05, 3.63) is 35.0 Å². The standard InChI is InChI=1S/C25H33N5O2S/c1-14-8-7-9-15(2)30(14)24(32)20-11-10-19(33-20)18-13-27-22-21(29-18)17(12-26-22)23(31)28-16(3)25(4,5)6/h10-16H,7-9H2,1-6H3,(H,26,27)(H,28,31). The zero-order valence-electron chi connectivity index (χ0n) is 20.2. The van der Waals surface area contributed by atoms with Crippen LogP contribution in [0.2, 0.25) is 0 Å². The lowest BCUT2D eigenvalue weighted by atomic mass is 9.88. The number of likely N-dealkylation sites (tertiary alicyclic amines) is 1. The van der Waals surface area contributed by atoms with Gasteiger partial charge in [0.05, 0.1) is 27.2 Å². The zero-order valence-corrected chi connectivity index (χ0v) is 21.0. The van der Waals surface area contributed by atoms with Crippen molar-refractivity contribution >= 4 is 34.3 Å². The third-order valence-corrected chi connectivity index (χ3v) is 7.87. The maximum atomic E-state index is 13.2. The van der Waals surface area contributed by atoms with Gasteiger partial charge in [-0.1, -0.05) is 20.8 Å². The van der Waals surface area contributed by atoms with Gasteiger partial charge in [0, 0.05) is 24.3 Å². The predicted octanol–water partition coefficient (Wildman–Crippen LogP) is 5.25. The van der Waals surface area contributed by atoms with E-state index in [1.807, 2.05) is 24.0 Å². The van der Waals surface area contributed by atoms with Gasteiger partial charge in [-0.05, 0) is 57.6 Å². The van der Waals surface area contributed by atoms with Crippen molar-refractivity contribution in [1.29, 1.82) is 0 Å². The lowest BCUT2D eigenvalue weighted by Gasteiger charge is -2.38. The highest BCUT2D eigenvalue weighted by molar-refractivity contribution is 7.17. The summed E-state index contributed by atoms with van der Waals surface area (Å²) >= 11 is 1.43. The molecule has 3 atom stereocenters. The van der Waals surface area contributed by atoms with Crippen LogP contribution < -0.4 is 5.32 Å². The maximum absolute atomic E-state index is 13.2. The average molecular weight is 468 g/mol. The Morgan fingerprint density at radius 3 is 2.58 bits per heavy atom. The molecule has 0 saturated carbocycles. The second-order valence-electron chi connectivity index (χ2n) is 10.2. The van der Waals surface area contributed by atoms with E-state index in [0.29, 0.717) is 27.3 Å². The first-order valence-corrected chi connectivity index (χ1v) is 12.5. The fourth-order valence-electron chi connectivity index (χ4n) is 4.21. The summed E-state index contributed by atoms with van der Waals surface area (Å²) in [4.78, 5) is 42.0. The average Bonchev–Trinajstić information content (AvgIpc) is 3.39. The third-order valence-electron chi connectivity index (χ3n) is 6.77. The summed E-state index contributed by atoms with van der Waals surface area (Å²) in [5.74, 6) is -0.0943. The Balaban J connectivity index is 1.60. The molecule has 1 saturated heterocycles. The van der Waals surface area contributed by atoms with Gasteiger partial charge in [-0.15, -0.1) is 11.3 Å². The summed E-state index contributed by atoms with van der Waals surface area (Å²) in [7, 11) is 0.